The molecule has 10 nitrogen and oxygen atoms in total. The van der Waals surface area contributed by atoms with E-state index < -0.39 is 22.0 Å². The average molecular weight is 433 g/mol. The van der Waals surface area contributed by atoms with Gasteiger partial charge in [0, 0.05) is 24.7 Å². The lowest BCUT2D eigenvalue weighted by Gasteiger charge is -2.20. The van der Waals surface area contributed by atoms with Crippen LogP contribution in [0.2, 0.25) is 0 Å². The number of rotatable bonds is 8. The van der Waals surface area contributed by atoms with Crippen LogP contribution in [0.4, 0.5) is 10.5 Å². The zero-order valence-electron chi connectivity index (χ0n) is 16.3. The third-order valence-electron chi connectivity index (χ3n) is 4.39. The normalized spacial score (nSPS) is 18.5. The van der Waals surface area contributed by atoms with E-state index in [1.165, 1.54) is 37.3 Å². The molecule has 2 aromatic carbocycles. The van der Waals surface area contributed by atoms with Crippen LogP contribution in [0.15, 0.2) is 57.3 Å². The summed E-state index contributed by atoms with van der Waals surface area (Å²) < 4.78 is 30.4. The number of carbonyl (C=O) groups is 1. The highest BCUT2D eigenvalue weighted by Crippen LogP contribution is 2.20. The molecule has 1 heterocycles. The Kier molecular flexibility index (Phi) is 5.94. The van der Waals surface area contributed by atoms with Crippen molar-refractivity contribution in [3.8, 4) is 5.75 Å². The summed E-state index contributed by atoms with van der Waals surface area (Å²) in [4.78, 5) is 19.0. The molecular weight excluding hydrogens is 412 g/mol. The maximum atomic E-state index is 12.6. The topological polar surface area (TPSA) is 153 Å². The van der Waals surface area contributed by atoms with Crippen molar-refractivity contribution in [1.29, 1.82) is 0 Å². The molecule has 2 unspecified atom stereocenters. The molecule has 0 fully saturated rings. The van der Waals surface area contributed by atoms with Gasteiger partial charge in [0.2, 0.25) is 5.79 Å². The van der Waals surface area contributed by atoms with E-state index in [2.05, 4.69) is 20.6 Å². The molecule has 2 atom stereocenters. The minimum absolute atomic E-state index is 0.0129. The Hall–Kier alpha value is -3.18. The van der Waals surface area contributed by atoms with Crippen molar-refractivity contribution in [1.82, 2.24) is 5.32 Å². The fourth-order valence-corrected chi connectivity index (χ4v) is 3.81. The molecule has 30 heavy (non-hydrogen) atoms. The third-order valence-corrected chi connectivity index (χ3v) is 5.66. The Balaban J connectivity index is 1.79. The molecule has 0 saturated heterocycles. The monoisotopic (exact) mass is 433 g/mol. The third kappa shape index (κ3) is 4.86. The highest BCUT2D eigenvalue weighted by atomic mass is 32.2. The molecular formula is C19H21N4O6S-. The van der Waals surface area contributed by atoms with Crippen LogP contribution in [0.1, 0.15) is 20.3 Å². The van der Waals surface area contributed by atoms with Gasteiger partial charge < -0.3 is 29.8 Å². The number of aliphatic hydroxyl groups excluding tert-OH is 1. The maximum Gasteiger partial charge on any atom is 0.339 e. The highest BCUT2D eigenvalue weighted by molar-refractivity contribution is 7.87. The van der Waals surface area contributed by atoms with Crippen LogP contribution >= 0.6 is 0 Å². The van der Waals surface area contributed by atoms with Crippen molar-refractivity contribution >= 4 is 21.9 Å². The number of hydrogen-bond acceptors (Lipinski definition) is 9. The van der Waals surface area contributed by atoms with Crippen molar-refractivity contribution in [2.75, 3.05) is 11.9 Å². The second kappa shape index (κ2) is 8.28. The summed E-state index contributed by atoms with van der Waals surface area (Å²) in [7, 11) is -4.10. The van der Waals surface area contributed by atoms with Crippen LogP contribution < -0.4 is 30.6 Å². The second-order valence-electron chi connectivity index (χ2n) is 6.80. The Labute approximate surface area is 173 Å². The smallest absolute Gasteiger partial charge is 0.339 e. The molecule has 0 radical (unpaired) electrons. The van der Waals surface area contributed by atoms with Gasteiger partial charge in [-0.15, -0.1) is 0 Å². The fourth-order valence-electron chi connectivity index (χ4n) is 2.89. The van der Waals surface area contributed by atoms with Gasteiger partial charge in [-0.3, -0.25) is 0 Å². The number of nitrogens with one attached hydrogen (secondary N) is 2. The number of benzene rings is 2. The quantitative estimate of drug-likeness (QED) is 0.474. The lowest BCUT2D eigenvalue weighted by atomic mass is 10.2. The van der Waals surface area contributed by atoms with Gasteiger partial charge in [0.25, 0.3) is 0 Å². The summed E-state index contributed by atoms with van der Waals surface area (Å²) in [6.07, 6.45) is -0.814. The first-order valence-electron chi connectivity index (χ1n) is 9.15. The molecule has 0 aromatic heterocycles. The molecule has 1 amide bonds. The number of nitrogens with zero attached hydrogens (tertiary/aromatic N) is 2. The number of carboxylic acid groups (broad SMARTS) is 1. The Bertz CT molecular complexity index is 1160. The summed E-state index contributed by atoms with van der Waals surface area (Å²) in [5.74, 6) is -1.43. The number of hydrogen-bond donors (Lipinski definition) is 3. The minimum Gasteiger partial charge on any atom is -0.530 e. The standard InChI is InChI=1S/C19H22N4O6S/c1-3-12(11-24)20-13-4-7-15(8-5-13)30(27,28)29-14-6-9-16-17(10-14)22-19(2,21-16)23-18(25)26/h4-10,12,20,23-24H,3,11H2,1-2H3,(H,25,26)/p-1. The van der Waals surface area contributed by atoms with E-state index in [1.54, 1.807) is 12.1 Å². The number of amides is 1. The van der Waals surface area contributed by atoms with Gasteiger partial charge in [-0.05, 0) is 42.8 Å². The molecule has 0 saturated carbocycles. The molecule has 0 spiro atoms. The van der Waals surface area contributed by atoms with E-state index in [1.807, 2.05) is 6.92 Å². The summed E-state index contributed by atoms with van der Waals surface area (Å²) in [6.45, 7) is 3.33. The highest BCUT2D eigenvalue weighted by Gasteiger charge is 2.25. The molecule has 0 aliphatic carbocycles. The van der Waals surface area contributed by atoms with Crippen molar-refractivity contribution in [3.05, 3.63) is 53.2 Å². The molecule has 2 aromatic rings. The van der Waals surface area contributed by atoms with E-state index in [-0.39, 0.29) is 28.7 Å². The Morgan fingerprint density at radius 1 is 1.20 bits per heavy atom. The average Bonchev–Trinajstić information content (AvgIpc) is 3.00. The lowest BCUT2D eigenvalue weighted by molar-refractivity contribution is -0.252. The number of fused-ring (bicyclic) bond motifs is 1. The van der Waals surface area contributed by atoms with Gasteiger partial charge in [0.1, 0.15) is 16.7 Å². The first-order valence-corrected chi connectivity index (χ1v) is 10.6. The van der Waals surface area contributed by atoms with Gasteiger partial charge in [0.15, 0.2) is 0 Å². The summed E-state index contributed by atoms with van der Waals surface area (Å²) in [5.41, 5.74) is 0.674. The predicted octanol–water partition coefficient (Wildman–Crippen LogP) is -0.503. The maximum absolute atomic E-state index is 12.6. The number of carbonyl (C=O) groups excluding carboxylic acids is 1. The molecule has 11 heteroatoms. The number of aliphatic hydroxyl groups is 1. The Morgan fingerprint density at radius 3 is 2.47 bits per heavy atom. The van der Waals surface area contributed by atoms with Gasteiger partial charge in [-0.1, -0.05) is 6.92 Å². The van der Waals surface area contributed by atoms with Crippen LogP contribution in [-0.2, 0) is 10.1 Å². The summed E-state index contributed by atoms with van der Waals surface area (Å²) >= 11 is 0. The van der Waals surface area contributed by atoms with Gasteiger partial charge in [-0.2, -0.15) is 8.42 Å². The molecule has 3 rings (SSSR count). The van der Waals surface area contributed by atoms with Crippen LogP contribution in [-0.4, -0.2) is 38.1 Å². The van der Waals surface area contributed by atoms with E-state index in [9.17, 15) is 23.4 Å². The van der Waals surface area contributed by atoms with Crippen molar-refractivity contribution in [2.45, 2.75) is 37.0 Å². The van der Waals surface area contributed by atoms with E-state index in [4.69, 9.17) is 4.18 Å². The SMILES string of the molecule is CCC(CO)Nc1ccc(S(=O)(=O)Oc2ccc3c(c2)=NC(C)(NC(=O)[O-])N=3)cc1. The predicted molar refractivity (Wildman–Crippen MR) is 105 cm³/mol. The Morgan fingerprint density at radius 2 is 1.87 bits per heavy atom. The fraction of sp³-hybridized carbons (Fsp3) is 0.316. The van der Waals surface area contributed by atoms with Crippen LogP contribution in [0.25, 0.3) is 0 Å². The van der Waals surface area contributed by atoms with Crippen molar-refractivity contribution < 1.29 is 27.6 Å². The first-order chi connectivity index (χ1) is 14.1. The lowest BCUT2D eigenvalue weighted by Crippen LogP contribution is -2.48. The van der Waals surface area contributed by atoms with Gasteiger partial charge >= 0.3 is 10.1 Å². The van der Waals surface area contributed by atoms with Crippen LogP contribution in [0.5, 0.6) is 5.75 Å². The van der Waals surface area contributed by atoms with Crippen molar-refractivity contribution in [3.63, 3.8) is 0 Å². The van der Waals surface area contributed by atoms with Crippen LogP contribution in [0.3, 0.4) is 0 Å². The van der Waals surface area contributed by atoms with Gasteiger partial charge in [0.05, 0.1) is 17.3 Å². The molecule has 1 aliphatic rings. The first kappa shape index (κ1) is 21.5. The van der Waals surface area contributed by atoms with Crippen molar-refractivity contribution in [2.24, 2.45) is 9.98 Å². The zero-order chi connectivity index (χ0) is 21.9. The molecule has 1 aliphatic heterocycles. The minimum atomic E-state index is -4.10. The summed E-state index contributed by atoms with van der Waals surface area (Å²) in [5, 5.41) is 25.9. The van der Waals surface area contributed by atoms with E-state index in [0.717, 1.165) is 0 Å². The number of anilines is 1. The summed E-state index contributed by atoms with van der Waals surface area (Å²) in [6, 6.07) is 10.1. The zero-order valence-corrected chi connectivity index (χ0v) is 17.1. The second-order valence-corrected chi connectivity index (χ2v) is 8.35. The van der Waals surface area contributed by atoms with E-state index in [0.29, 0.717) is 17.5 Å². The van der Waals surface area contributed by atoms with Crippen LogP contribution in [0, 0.1) is 0 Å². The van der Waals surface area contributed by atoms with E-state index >= 15 is 0 Å². The molecule has 3 N–H and O–H groups in total. The molecule has 160 valence electrons. The largest absolute Gasteiger partial charge is 0.530 e. The molecule has 0 bridgehead atoms. The van der Waals surface area contributed by atoms with Gasteiger partial charge in [-0.25, -0.2) is 9.98 Å².